The lowest BCUT2D eigenvalue weighted by atomic mass is 10.1. The van der Waals surface area contributed by atoms with Crippen LogP contribution in [0.3, 0.4) is 0 Å². The van der Waals surface area contributed by atoms with Crippen LogP contribution in [0.2, 0.25) is 0 Å². The summed E-state index contributed by atoms with van der Waals surface area (Å²) in [6.45, 7) is 2.79. The lowest BCUT2D eigenvalue weighted by Gasteiger charge is -2.14. The number of hydrogen-bond acceptors (Lipinski definition) is 3. The molecule has 100 valence electrons. The molecule has 1 fully saturated rings. The first kappa shape index (κ1) is 13.9. The number of unbranched alkanes of at least 4 members (excludes halogenated alkanes) is 1. The van der Waals surface area contributed by atoms with E-state index in [0.717, 1.165) is 25.0 Å². The van der Waals surface area contributed by atoms with Gasteiger partial charge in [-0.2, -0.15) is 4.31 Å². The van der Waals surface area contributed by atoms with Crippen molar-refractivity contribution in [2.24, 2.45) is 0 Å². The van der Waals surface area contributed by atoms with E-state index in [1.165, 1.54) is 5.56 Å². The van der Waals surface area contributed by atoms with E-state index in [-0.39, 0.29) is 0 Å². The standard InChI is InChI=1S/C13H19NO2S2/c1-2-3-4-12-5-7-13(8-6-12)18(15,16)14-9-10-17-11-14/h5-8H,2-4,9-11H2,1H3. The highest BCUT2D eigenvalue weighted by molar-refractivity contribution is 8.00. The van der Waals surface area contributed by atoms with Gasteiger partial charge in [0.2, 0.25) is 10.0 Å². The molecule has 5 heteroatoms. The molecule has 0 amide bonds. The monoisotopic (exact) mass is 285 g/mol. The zero-order chi connectivity index (χ0) is 13.0. The number of hydrogen-bond donors (Lipinski definition) is 0. The van der Waals surface area contributed by atoms with Crippen LogP contribution in [0.5, 0.6) is 0 Å². The third-order valence-corrected chi connectivity index (χ3v) is 6.09. The van der Waals surface area contributed by atoms with Gasteiger partial charge in [-0.25, -0.2) is 8.42 Å². The normalized spacial score (nSPS) is 17.2. The molecular formula is C13H19NO2S2. The van der Waals surface area contributed by atoms with E-state index in [2.05, 4.69) is 6.92 Å². The van der Waals surface area contributed by atoms with E-state index in [1.807, 2.05) is 12.1 Å². The van der Waals surface area contributed by atoms with Crippen LogP contribution in [0.15, 0.2) is 29.2 Å². The van der Waals surface area contributed by atoms with E-state index in [0.29, 0.717) is 17.3 Å². The molecule has 18 heavy (non-hydrogen) atoms. The summed E-state index contributed by atoms with van der Waals surface area (Å²) in [7, 11) is -3.26. The van der Waals surface area contributed by atoms with Crippen molar-refractivity contribution < 1.29 is 8.42 Å². The molecule has 0 aromatic heterocycles. The molecule has 1 aliphatic heterocycles. The Kier molecular flexibility index (Phi) is 4.70. The smallest absolute Gasteiger partial charge is 0.207 e. The Morgan fingerprint density at radius 1 is 1.28 bits per heavy atom. The fraction of sp³-hybridized carbons (Fsp3) is 0.538. The van der Waals surface area contributed by atoms with Crippen LogP contribution in [0, 0.1) is 0 Å². The number of rotatable bonds is 5. The molecule has 2 rings (SSSR count). The molecule has 0 unspecified atom stereocenters. The fourth-order valence-corrected chi connectivity index (χ4v) is 4.76. The van der Waals surface area contributed by atoms with Gasteiger partial charge in [0.05, 0.1) is 10.8 Å². The summed E-state index contributed by atoms with van der Waals surface area (Å²) in [4.78, 5) is 0.422. The van der Waals surface area contributed by atoms with Gasteiger partial charge in [0, 0.05) is 12.3 Å². The molecule has 0 saturated carbocycles. The SMILES string of the molecule is CCCCc1ccc(S(=O)(=O)N2CCSC2)cc1. The Hall–Kier alpha value is -0.520. The molecule has 1 aromatic carbocycles. The number of nitrogens with zero attached hydrogens (tertiary/aromatic N) is 1. The lowest BCUT2D eigenvalue weighted by molar-refractivity contribution is 0.489. The van der Waals surface area contributed by atoms with Crippen LogP contribution in [-0.4, -0.2) is 30.9 Å². The Morgan fingerprint density at radius 3 is 2.56 bits per heavy atom. The summed E-state index contributed by atoms with van der Waals surface area (Å²) >= 11 is 1.66. The summed E-state index contributed by atoms with van der Waals surface area (Å²) < 4.78 is 26.1. The van der Waals surface area contributed by atoms with Gasteiger partial charge in [-0.3, -0.25) is 0 Å². The first-order valence-corrected chi connectivity index (χ1v) is 8.91. The first-order valence-electron chi connectivity index (χ1n) is 6.31. The molecular weight excluding hydrogens is 266 g/mol. The highest BCUT2D eigenvalue weighted by atomic mass is 32.2. The maximum atomic E-state index is 12.3. The van der Waals surface area contributed by atoms with Crippen molar-refractivity contribution in [2.45, 2.75) is 31.1 Å². The van der Waals surface area contributed by atoms with Gasteiger partial charge in [-0.05, 0) is 30.5 Å². The largest absolute Gasteiger partial charge is 0.243 e. The van der Waals surface area contributed by atoms with E-state index < -0.39 is 10.0 Å². The van der Waals surface area contributed by atoms with Crippen LogP contribution < -0.4 is 0 Å². The molecule has 0 bridgehead atoms. The molecule has 1 aromatic rings. The van der Waals surface area contributed by atoms with Crippen molar-refractivity contribution in [3.8, 4) is 0 Å². The van der Waals surface area contributed by atoms with Crippen molar-refractivity contribution in [3.05, 3.63) is 29.8 Å². The minimum atomic E-state index is -3.26. The van der Waals surface area contributed by atoms with E-state index >= 15 is 0 Å². The summed E-state index contributed by atoms with van der Waals surface area (Å²) in [6.07, 6.45) is 3.33. The molecule has 1 aliphatic rings. The first-order chi connectivity index (χ1) is 8.64. The van der Waals surface area contributed by atoms with Gasteiger partial charge in [0.25, 0.3) is 0 Å². The predicted molar refractivity (Wildman–Crippen MR) is 76.3 cm³/mol. The van der Waals surface area contributed by atoms with Crippen LogP contribution in [-0.2, 0) is 16.4 Å². The Labute approximate surface area is 114 Å². The van der Waals surface area contributed by atoms with E-state index in [9.17, 15) is 8.42 Å². The van der Waals surface area contributed by atoms with Crippen molar-refractivity contribution in [1.82, 2.24) is 4.31 Å². The molecule has 0 atom stereocenters. The molecule has 0 spiro atoms. The molecule has 0 N–H and O–H groups in total. The van der Waals surface area contributed by atoms with Crippen molar-refractivity contribution in [2.75, 3.05) is 18.2 Å². The second kappa shape index (κ2) is 6.08. The quantitative estimate of drug-likeness (QED) is 0.835. The van der Waals surface area contributed by atoms with Crippen LogP contribution in [0.4, 0.5) is 0 Å². The molecule has 0 aliphatic carbocycles. The summed E-state index contributed by atoms with van der Waals surface area (Å²) in [5.74, 6) is 1.48. The summed E-state index contributed by atoms with van der Waals surface area (Å²) in [5, 5.41) is 0. The maximum Gasteiger partial charge on any atom is 0.243 e. The second-order valence-electron chi connectivity index (χ2n) is 4.47. The summed E-state index contributed by atoms with van der Waals surface area (Å²) in [5.41, 5.74) is 1.21. The Morgan fingerprint density at radius 2 is 2.00 bits per heavy atom. The van der Waals surface area contributed by atoms with Crippen LogP contribution in [0.1, 0.15) is 25.3 Å². The topological polar surface area (TPSA) is 37.4 Å². The lowest BCUT2D eigenvalue weighted by Crippen LogP contribution is -2.27. The van der Waals surface area contributed by atoms with Gasteiger partial charge in [-0.1, -0.05) is 25.5 Å². The molecule has 0 radical (unpaired) electrons. The zero-order valence-electron chi connectivity index (χ0n) is 10.6. The van der Waals surface area contributed by atoms with E-state index in [1.54, 1.807) is 28.2 Å². The van der Waals surface area contributed by atoms with Gasteiger partial charge >= 0.3 is 0 Å². The molecule has 3 nitrogen and oxygen atoms in total. The summed E-state index contributed by atoms with van der Waals surface area (Å²) in [6, 6.07) is 7.35. The number of benzene rings is 1. The van der Waals surface area contributed by atoms with E-state index in [4.69, 9.17) is 0 Å². The van der Waals surface area contributed by atoms with Gasteiger partial charge in [0.15, 0.2) is 0 Å². The highest BCUT2D eigenvalue weighted by Gasteiger charge is 2.27. The molecule has 1 saturated heterocycles. The third-order valence-electron chi connectivity index (χ3n) is 3.10. The van der Waals surface area contributed by atoms with Crippen LogP contribution >= 0.6 is 11.8 Å². The number of sulfonamides is 1. The van der Waals surface area contributed by atoms with Crippen molar-refractivity contribution in [1.29, 1.82) is 0 Å². The van der Waals surface area contributed by atoms with Crippen molar-refractivity contribution >= 4 is 21.8 Å². The minimum Gasteiger partial charge on any atom is -0.207 e. The van der Waals surface area contributed by atoms with Gasteiger partial charge in [-0.15, -0.1) is 11.8 Å². The van der Waals surface area contributed by atoms with Crippen LogP contribution in [0.25, 0.3) is 0 Å². The second-order valence-corrected chi connectivity index (χ2v) is 7.48. The Bertz CT molecular complexity index is 476. The van der Waals surface area contributed by atoms with Gasteiger partial charge < -0.3 is 0 Å². The zero-order valence-corrected chi connectivity index (χ0v) is 12.3. The number of thioether (sulfide) groups is 1. The predicted octanol–water partition coefficient (Wildman–Crippen LogP) is 2.72. The average Bonchev–Trinajstić information content (AvgIpc) is 2.91. The fourth-order valence-electron chi connectivity index (χ4n) is 1.94. The maximum absolute atomic E-state index is 12.3. The van der Waals surface area contributed by atoms with Gasteiger partial charge in [0.1, 0.15) is 0 Å². The molecule has 1 heterocycles. The van der Waals surface area contributed by atoms with Crippen molar-refractivity contribution in [3.63, 3.8) is 0 Å². The minimum absolute atomic E-state index is 0.422. The third kappa shape index (κ3) is 3.08. The average molecular weight is 285 g/mol. The number of aryl methyl sites for hydroxylation is 1. The Balaban J connectivity index is 2.13. The highest BCUT2D eigenvalue weighted by Crippen LogP contribution is 2.23.